The Labute approximate surface area is 114 Å². The molecule has 0 aliphatic rings. The second kappa shape index (κ2) is 7.00. The van der Waals surface area contributed by atoms with Crippen LogP contribution >= 0.6 is 15.9 Å². The number of unbranched alkanes of at least 4 members (excludes halogenated alkanes) is 1. The van der Waals surface area contributed by atoms with E-state index in [1.165, 1.54) is 0 Å². The molecule has 0 bridgehead atoms. The Morgan fingerprint density at radius 3 is 2.67 bits per heavy atom. The number of hydrogen-bond donors (Lipinski definition) is 3. The summed E-state index contributed by atoms with van der Waals surface area (Å²) in [4.78, 5) is 22.3. The summed E-state index contributed by atoms with van der Waals surface area (Å²) >= 11 is 3.29. The number of nitrogens with two attached hydrogens (primary N) is 2. The summed E-state index contributed by atoms with van der Waals surface area (Å²) in [6.07, 6.45) is 1.72. The Bertz CT molecular complexity index is 449. The van der Waals surface area contributed by atoms with Gasteiger partial charge in [-0.1, -0.05) is 15.9 Å². The van der Waals surface area contributed by atoms with Gasteiger partial charge < -0.3 is 16.8 Å². The van der Waals surface area contributed by atoms with Crippen LogP contribution < -0.4 is 16.8 Å². The van der Waals surface area contributed by atoms with Crippen molar-refractivity contribution in [1.29, 1.82) is 0 Å². The van der Waals surface area contributed by atoms with Gasteiger partial charge in [0, 0.05) is 23.1 Å². The number of hydrogen-bond acceptors (Lipinski definition) is 3. The Kier molecular flexibility index (Phi) is 5.64. The monoisotopic (exact) mass is 313 g/mol. The van der Waals surface area contributed by atoms with Gasteiger partial charge in [0.25, 0.3) is 5.91 Å². The van der Waals surface area contributed by atoms with Crippen molar-refractivity contribution < 1.29 is 9.59 Å². The molecule has 0 saturated carbocycles. The van der Waals surface area contributed by atoms with E-state index in [1.54, 1.807) is 18.2 Å². The predicted octanol–water partition coefficient (Wildman–Crippen LogP) is 1.42. The molecule has 1 aromatic carbocycles. The van der Waals surface area contributed by atoms with E-state index in [4.69, 9.17) is 11.5 Å². The van der Waals surface area contributed by atoms with E-state index in [2.05, 4.69) is 21.2 Å². The highest BCUT2D eigenvalue weighted by Gasteiger charge is 2.09. The van der Waals surface area contributed by atoms with Crippen LogP contribution in [0.5, 0.6) is 0 Å². The zero-order valence-corrected chi connectivity index (χ0v) is 11.5. The predicted molar refractivity (Wildman–Crippen MR) is 73.9 cm³/mol. The van der Waals surface area contributed by atoms with Crippen molar-refractivity contribution in [3.05, 3.63) is 28.2 Å². The number of nitrogen functional groups attached to an aromatic ring is 1. The SMILES string of the molecule is NC(=O)CCCCNC(=O)c1cc(Br)ccc1N. The summed E-state index contributed by atoms with van der Waals surface area (Å²) in [5.41, 5.74) is 11.6. The number of primary amides is 1. The highest BCUT2D eigenvalue weighted by Crippen LogP contribution is 2.18. The molecule has 0 radical (unpaired) electrons. The molecule has 0 fully saturated rings. The van der Waals surface area contributed by atoms with Crippen LogP contribution in [0.1, 0.15) is 29.6 Å². The van der Waals surface area contributed by atoms with Crippen molar-refractivity contribution in [2.45, 2.75) is 19.3 Å². The van der Waals surface area contributed by atoms with Gasteiger partial charge in [0.05, 0.1) is 5.56 Å². The van der Waals surface area contributed by atoms with Gasteiger partial charge in [0.15, 0.2) is 0 Å². The summed E-state index contributed by atoms with van der Waals surface area (Å²) in [5.74, 6) is -0.537. The molecule has 0 unspecified atom stereocenters. The van der Waals surface area contributed by atoms with E-state index in [-0.39, 0.29) is 11.8 Å². The fraction of sp³-hybridized carbons (Fsp3) is 0.333. The third kappa shape index (κ3) is 4.75. The number of benzene rings is 1. The molecule has 0 aromatic heterocycles. The van der Waals surface area contributed by atoms with Crippen LogP contribution in [-0.4, -0.2) is 18.4 Å². The number of anilines is 1. The van der Waals surface area contributed by atoms with Crippen LogP contribution in [0.4, 0.5) is 5.69 Å². The normalized spacial score (nSPS) is 10.1. The van der Waals surface area contributed by atoms with Crippen molar-refractivity contribution in [2.75, 3.05) is 12.3 Å². The van der Waals surface area contributed by atoms with Crippen LogP contribution in [0.3, 0.4) is 0 Å². The first-order chi connectivity index (χ1) is 8.50. The molecule has 0 heterocycles. The molecule has 0 spiro atoms. The lowest BCUT2D eigenvalue weighted by Gasteiger charge is -2.07. The first kappa shape index (κ1) is 14.5. The smallest absolute Gasteiger partial charge is 0.253 e. The van der Waals surface area contributed by atoms with Gasteiger partial charge in [-0.15, -0.1) is 0 Å². The Morgan fingerprint density at radius 1 is 1.28 bits per heavy atom. The number of rotatable bonds is 6. The molecule has 5 nitrogen and oxygen atoms in total. The van der Waals surface area contributed by atoms with Crippen LogP contribution in [0.2, 0.25) is 0 Å². The van der Waals surface area contributed by atoms with Crippen LogP contribution in [-0.2, 0) is 4.79 Å². The fourth-order valence-electron chi connectivity index (χ4n) is 1.45. The standard InChI is InChI=1S/C12H16BrN3O2/c13-8-4-5-10(14)9(7-8)12(18)16-6-2-1-3-11(15)17/h4-5,7H,1-3,6,14H2,(H2,15,17)(H,16,18). The molecule has 18 heavy (non-hydrogen) atoms. The number of carbonyl (C=O) groups excluding carboxylic acids is 2. The van der Waals surface area contributed by atoms with Crippen molar-refractivity contribution in [3.8, 4) is 0 Å². The van der Waals surface area contributed by atoms with Crippen molar-refractivity contribution in [3.63, 3.8) is 0 Å². The summed E-state index contributed by atoms with van der Waals surface area (Å²) < 4.78 is 0.801. The third-order valence-corrected chi connectivity index (χ3v) is 2.89. The zero-order valence-electron chi connectivity index (χ0n) is 9.91. The average Bonchev–Trinajstić information content (AvgIpc) is 2.31. The molecular weight excluding hydrogens is 298 g/mol. The summed E-state index contributed by atoms with van der Waals surface area (Å²) in [7, 11) is 0. The zero-order chi connectivity index (χ0) is 13.5. The summed E-state index contributed by atoms with van der Waals surface area (Å²) in [6.45, 7) is 0.498. The van der Waals surface area contributed by atoms with Gasteiger partial charge in [-0.25, -0.2) is 0 Å². The van der Waals surface area contributed by atoms with Crippen molar-refractivity contribution >= 4 is 33.4 Å². The van der Waals surface area contributed by atoms with Crippen molar-refractivity contribution in [2.24, 2.45) is 5.73 Å². The number of carbonyl (C=O) groups is 2. The van der Waals surface area contributed by atoms with E-state index in [0.29, 0.717) is 37.1 Å². The van der Waals surface area contributed by atoms with E-state index in [9.17, 15) is 9.59 Å². The van der Waals surface area contributed by atoms with Crippen LogP contribution in [0, 0.1) is 0 Å². The molecule has 0 saturated heterocycles. The molecule has 2 amide bonds. The Hall–Kier alpha value is -1.56. The summed E-state index contributed by atoms with van der Waals surface area (Å²) in [6, 6.07) is 5.12. The minimum Gasteiger partial charge on any atom is -0.398 e. The van der Waals surface area contributed by atoms with Crippen LogP contribution in [0.15, 0.2) is 22.7 Å². The average molecular weight is 314 g/mol. The Morgan fingerprint density at radius 2 is 2.00 bits per heavy atom. The van der Waals surface area contributed by atoms with Gasteiger partial charge in [-0.05, 0) is 31.0 Å². The third-order valence-electron chi connectivity index (χ3n) is 2.40. The Balaban J connectivity index is 2.41. The van der Waals surface area contributed by atoms with Crippen molar-refractivity contribution in [1.82, 2.24) is 5.32 Å². The van der Waals surface area contributed by atoms with E-state index in [1.807, 2.05) is 0 Å². The van der Waals surface area contributed by atoms with Gasteiger partial charge >= 0.3 is 0 Å². The largest absolute Gasteiger partial charge is 0.398 e. The van der Waals surface area contributed by atoms with Gasteiger partial charge in [-0.3, -0.25) is 9.59 Å². The molecular formula is C12H16BrN3O2. The topological polar surface area (TPSA) is 98.2 Å². The molecule has 0 aliphatic heterocycles. The van der Waals surface area contributed by atoms with Gasteiger partial charge in [-0.2, -0.15) is 0 Å². The molecule has 6 heteroatoms. The van der Waals surface area contributed by atoms with Crippen LogP contribution in [0.25, 0.3) is 0 Å². The highest BCUT2D eigenvalue weighted by atomic mass is 79.9. The van der Waals surface area contributed by atoms with E-state index >= 15 is 0 Å². The molecule has 0 aliphatic carbocycles. The van der Waals surface area contributed by atoms with Gasteiger partial charge in [0.1, 0.15) is 0 Å². The number of amides is 2. The lowest BCUT2D eigenvalue weighted by Crippen LogP contribution is -2.25. The molecule has 5 N–H and O–H groups in total. The second-order valence-electron chi connectivity index (χ2n) is 3.91. The highest BCUT2D eigenvalue weighted by molar-refractivity contribution is 9.10. The maximum Gasteiger partial charge on any atom is 0.253 e. The molecule has 0 atom stereocenters. The fourth-order valence-corrected chi connectivity index (χ4v) is 1.81. The van der Waals surface area contributed by atoms with E-state index < -0.39 is 0 Å². The first-order valence-electron chi connectivity index (χ1n) is 5.62. The maximum atomic E-state index is 11.8. The summed E-state index contributed by atoms with van der Waals surface area (Å²) in [5, 5.41) is 2.75. The molecule has 98 valence electrons. The lowest BCUT2D eigenvalue weighted by atomic mass is 10.1. The molecule has 1 rings (SSSR count). The quantitative estimate of drug-likeness (QED) is 0.547. The maximum absolute atomic E-state index is 11.8. The number of nitrogens with one attached hydrogen (secondary N) is 1. The van der Waals surface area contributed by atoms with E-state index in [0.717, 1.165) is 4.47 Å². The minimum absolute atomic E-state index is 0.215. The minimum atomic E-state index is -0.322. The first-order valence-corrected chi connectivity index (χ1v) is 6.41. The van der Waals surface area contributed by atoms with Gasteiger partial charge in [0.2, 0.25) is 5.91 Å². The second-order valence-corrected chi connectivity index (χ2v) is 4.83. The molecule has 1 aromatic rings. The lowest BCUT2D eigenvalue weighted by molar-refractivity contribution is -0.118. The number of halogens is 1.